The summed E-state index contributed by atoms with van der Waals surface area (Å²) in [6.07, 6.45) is 3.04. The van der Waals surface area contributed by atoms with Crippen molar-refractivity contribution in [3.05, 3.63) is 41.3 Å². The van der Waals surface area contributed by atoms with Crippen molar-refractivity contribution in [1.29, 1.82) is 0 Å². The van der Waals surface area contributed by atoms with Crippen LogP contribution in [0.2, 0.25) is 13.1 Å². The van der Waals surface area contributed by atoms with E-state index in [0.29, 0.717) is 24.0 Å². The number of anilines is 2. The smallest absolute Gasteiger partial charge is 0.291 e. The molecule has 2 aliphatic heterocycles. The molecule has 0 saturated carbocycles. The van der Waals surface area contributed by atoms with Crippen molar-refractivity contribution in [2.75, 3.05) is 71.4 Å². The lowest BCUT2D eigenvalue weighted by molar-refractivity contribution is 0.0378. The highest BCUT2D eigenvalue weighted by atomic mass is 28.3. The molecule has 1 fully saturated rings. The molecule has 0 radical (unpaired) electrons. The zero-order chi connectivity index (χ0) is 29.7. The lowest BCUT2D eigenvalue weighted by Gasteiger charge is -2.26. The van der Waals surface area contributed by atoms with Gasteiger partial charge in [-0.3, -0.25) is 9.69 Å². The van der Waals surface area contributed by atoms with E-state index in [1.165, 1.54) is 25.5 Å². The molecule has 0 unspecified atom stereocenters. The van der Waals surface area contributed by atoms with Gasteiger partial charge < -0.3 is 38.7 Å². The first kappa shape index (κ1) is 29.4. The van der Waals surface area contributed by atoms with Crippen LogP contribution < -0.4 is 34.8 Å². The van der Waals surface area contributed by atoms with Crippen LogP contribution in [0.1, 0.15) is 22.5 Å². The molecule has 3 aromatic rings. The van der Waals surface area contributed by atoms with Gasteiger partial charge in [0.05, 0.1) is 34.5 Å². The van der Waals surface area contributed by atoms with Gasteiger partial charge in [-0.15, -0.1) is 0 Å². The predicted molar refractivity (Wildman–Crippen MR) is 161 cm³/mol. The number of carbonyl (C=O) groups is 1. The van der Waals surface area contributed by atoms with E-state index in [2.05, 4.69) is 50.4 Å². The van der Waals surface area contributed by atoms with Crippen molar-refractivity contribution in [1.82, 2.24) is 14.9 Å². The molecule has 0 atom stereocenters. The molecule has 5 rings (SSSR count). The fourth-order valence-corrected chi connectivity index (χ4v) is 7.09. The molecule has 42 heavy (non-hydrogen) atoms. The fourth-order valence-electron chi connectivity index (χ4n) is 4.91. The standard InChI is InChI=1S/C29H37N5O7Si/c1-36-21-17-19-9-16-42(4,5)23(19)18-22(21)41-24-8-7-20(40-24)26(35)31-25-27(37-2)32-29(33-28(25)38-3)30-10-6-11-34-12-14-39-15-13-34/h7-9,16-18H,6,10-15H2,1-5H3,(H,31,35)(H,30,32,33). The van der Waals surface area contributed by atoms with Crippen molar-refractivity contribution in [2.45, 2.75) is 19.5 Å². The first-order valence-corrected chi connectivity index (χ1v) is 16.9. The first-order chi connectivity index (χ1) is 20.3. The molecule has 0 spiro atoms. The summed E-state index contributed by atoms with van der Waals surface area (Å²) in [7, 11) is 2.81. The SMILES string of the molecule is COc1cc2c(cc1Oc1ccc(C(=O)Nc3c(OC)nc(NCCCN4CCOCC4)nc3OC)o1)[Si](C)(C)C=C2. The molecule has 4 heterocycles. The minimum absolute atomic E-state index is 0.0240. The minimum Gasteiger partial charge on any atom is -0.493 e. The van der Waals surface area contributed by atoms with Crippen molar-refractivity contribution < 1.29 is 32.9 Å². The number of ether oxygens (including phenoxy) is 5. The Labute approximate surface area is 246 Å². The summed E-state index contributed by atoms with van der Waals surface area (Å²) in [6, 6.07) is 7.06. The normalized spacial score (nSPS) is 15.6. The number of fused-ring (bicyclic) bond motifs is 1. The van der Waals surface area contributed by atoms with E-state index >= 15 is 0 Å². The Morgan fingerprint density at radius 3 is 2.45 bits per heavy atom. The van der Waals surface area contributed by atoms with Crippen molar-refractivity contribution in [3.63, 3.8) is 0 Å². The largest absolute Gasteiger partial charge is 0.493 e. The average molecular weight is 596 g/mol. The number of amides is 1. The maximum Gasteiger partial charge on any atom is 0.291 e. The van der Waals surface area contributed by atoms with Crippen LogP contribution in [-0.2, 0) is 4.74 Å². The molecule has 224 valence electrons. The van der Waals surface area contributed by atoms with Gasteiger partial charge in [-0.25, -0.2) is 0 Å². The van der Waals surface area contributed by atoms with Crippen LogP contribution in [0.25, 0.3) is 6.08 Å². The van der Waals surface area contributed by atoms with E-state index in [0.717, 1.165) is 44.8 Å². The minimum atomic E-state index is -1.70. The van der Waals surface area contributed by atoms with Gasteiger partial charge in [0.25, 0.3) is 11.9 Å². The molecule has 0 aliphatic carbocycles. The molecule has 2 N–H and O–H groups in total. The summed E-state index contributed by atoms with van der Waals surface area (Å²) in [5, 5.41) is 7.19. The number of hydrogen-bond acceptors (Lipinski definition) is 11. The van der Waals surface area contributed by atoms with Gasteiger partial charge in [-0.1, -0.05) is 24.9 Å². The third kappa shape index (κ3) is 6.53. The van der Waals surface area contributed by atoms with Gasteiger partial charge in [0.15, 0.2) is 22.9 Å². The molecule has 1 saturated heterocycles. The van der Waals surface area contributed by atoms with Gasteiger partial charge in [-0.2, -0.15) is 9.97 Å². The second-order valence-electron chi connectivity index (χ2n) is 10.5. The van der Waals surface area contributed by atoms with E-state index in [1.807, 2.05) is 12.1 Å². The number of carbonyl (C=O) groups excluding carboxylic acids is 1. The Balaban J connectivity index is 1.25. The zero-order valence-corrected chi connectivity index (χ0v) is 25.6. The maximum absolute atomic E-state index is 13.1. The Hall–Kier alpha value is -4.07. The lowest BCUT2D eigenvalue weighted by atomic mass is 10.2. The molecule has 2 aliphatic rings. The van der Waals surface area contributed by atoms with Crippen LogP contribution in [-0.4, -0.2) is 89.6 Å². The van der Waals surface area contributed by atoms with Gasteiger partial charge in [0, 0.05) is 25.7 Å². The average Bonchev–Trinajstić information content (AvgIpc) is 3.59. The van der Waals surface area contributed by atoms with Gasteiger partial charge in [-0.05, 0) is 41.9 Å². The van der Waals surface area contributed by atoms with Crippen molar-refractivity contribution in [3.8, 4) is 29.2 Å². The molecule has 1 amide bonds. The number of nitrogens with zero attached hydrogens (tertiary/aromatic N) is 3. The number of hydrogen-bond donors (Lipinski definition) is 2. The Morgan fingerprint density at radius 2 is 1.76 bits per heavy atom. The molecule has 1 aromatic carbocycles. The molecule has 12 nitrogen and oxygen atoms in total. The summed E-state index contributed by atoms with van der Waals surface area (Å²) < 4.78 is 33.6. The highest BCUT2D eigenvalue weighted by molar-refractivity contribution is 6.96. The van der Waals surface area contributed by atoms with Gasteiger partial charge >= 0.3 is 0 Å². The molecule has 0 bridgehead atoms. The number of morpholine rings is 1. The Kier molecular flexibility index (Phi) is 8.99. The number of benzene rings is 1. The topological polar surface area (TPSA) is 129 Å². The van der Waals surface area contributed by atoms with Crippen LogP contribution in [0.15, 0.2) is 34.4 Å². The Bertz CT molecular complexity index is 1430. The van der Waals surface area contributed by atoms with Crippen LogP contribution in [0, 0.1) is 0 Å². The lowest BCUT2D eigenvalue weighted by Crippen LogP contribution is -2.37. The van der Waals surface area contributed by atoms with Crippen LogP contribution in [0.3, 0.4) is 0 Å². The van der Waals surface area contributed by atoms with Crippen molar-refractivity contribution >= 4 is 36.9 Å². The summed E-state index contributed by atoms with van der Waals surface area (Å²) in [5.41, 5.74) is 3.59. The molecular weight excluding hydrogens is 558 g/mol. The monoisotopic (exact) mass is 595 g/mol. The summed E-state index contributed by atoms with van der Waals surface area (Å²) in [4.78, 5) is 24.3. The summed E-state index contributed by atoms with van der Waals surface area (Å²) >= 11 is 0. The fraction of sp³-hybridized carbons (Fsp3) is 0.414. The van der Waals surface area contributed by atoms with E-state index in [-0.39, 0.29) is 29.2 Å². The zero-order valence-electron chi connectivity index (χ0n) is 24.6. The predicted octanol–water partition coefficient (Wildman–Crippen LogP) is 3.76. The second kappa shape index (κ2) is 12.8. The van der Waals surface area contributed by atoms with Crippen LogP contribution in [0.5, 0.6) is 29.2 Å². The quantitative estimate of drug-likeness (QED) is 0.235. The molecule has 13 heteroatoms. The summed E-state index contributed by atoms with van der Waals surface area (Å²) in [6.45, 7) is 9.56. The molecule has 2 aromatic heterocycles. The third-order valence-electron chi connectivity index (χ3n) is 7.23. The second-order valence-corrected chi connectivity index (χ2v) is 14.8. The highest BCUT2D eigenvalue weighted by Gasteiger charge is 2.29. The number of rotatable bonds is 12. The van der Waals surface area contributed by atoms with E-state index in [1.54, 1.807) is 13.2 Å². The van der Waals surface area contributed by atoms with Gasteiger partial charge in [0.1, 0.15) is 8.07 Å². The number of nitrogens with one attached hydrogen (secondary N) is 2. The Morgan fingerprint density at radius 1 is 1.02 bits per heavy atom. The van der Waals surface area contributed by atoms with Crippen molar-refractivity contribution in [2.24, 2.45) is 0 Å². The van der Waals surface area contributed by atoms with E-state index in [9.17, 15) is 4.79 Å². The number of furan rings is 1. The number of aromatic nitrogens is 2. The first-order valence-electron chi connectivity index (χ1n) is 13.9. The van der Waals surface area contributed by atoms with Crippen LogP contribution >= 0.6 is 0 Å². The highest BCUT2D eigenvalue weighted by Crippen LogP contribution is 2.36. The van der Waals surface area contributed by atoms with Gasteiger partial charge in [0.2, 0.25) is 17.7 Å². The molecular formula is C29H37N5O7Si. The summed E-state index contributed by atoms with van der Waals surface area (Å²) in [5.74, 6) is 1.36. The maximum atomic E-state index is 13.1. The third-order valence-corrected chi connectivity index (χ3v) is 10.1. The van der Waals surface area contributed by atoms with E-state index in [4.69, 9.17) is 28.1 Å². The van der Waals surface area contributed by atoms with Crippen LogP contribution in [0.4, 0.5) is 11.6 Å². The van der Waals surface area contributed by atoms with E-state index < -0.39 is 14.0 Å². The number of methoxy groups -OCH3 is 3.